The lowest BCUT2D eigenvalue weighted by molar-refractivity contribution is -0.138. The van der Waals surface area contributed by atoms with E-state index in [4.69, 9.17) is 24.1 Å². The lowest BCUT2D eigenvalue weighted by Gasteiger charge is -2.14. The number of carboxylic acids is 1. The molecule has 142 valence electrons. The fraction of sp³-hybridized carbons (Fsp3) is 0.812. The van der Waals surface area contributed by atoms with Crippen LogP contribution in [0, 0.1) is 0 Å². The zero-order valence-corrected chi connectivity index (χ0v) is 15.1. The number of carbonyl (C=O) groups is 1. The number of ether oxygens (including phenoxy) is 4. The van der Waals surface area contributed by atoms with Crippen LogP contribution in [0.2, 0.25) is 0 Å². The number of hydrogen-bond donors (Lipinski definition) is 1. The first-order valence-electron chi connectivity index (χ1n) is 8.16. The predicted octanol–water partition coefficient (Wildman–Crippen LogP) is 0.840. The molecule has 1 aliphatic rings. The molecule has 1 aliphatic heterocycles. The molecule has 0 spiro atoms. The van der Waals surface area contributed by atoms with Gasteiger partial charge in [-0.05, 0) is 6.92 Å². The standard InChI is InChI=1S/C10H20O6.C6H12N2/c1-13-4-5-15-8-9-16-7-6-14-3-2-10(11)12;1-3-8-5-4-7(2)6-8/h2-9H2,1H3,(H,11,12);4-5H,3,6H2,1-2H3. The van der Waals surface area contributed by atoms with Crippen LogP contribution in [-0.2, 0) is 23.7 Å². The third-order valence-electron chi connectivity index (χ3n) is 2.98. The van der Waals surface area contributed by atoms with E-state index in [0.717, 1.165) is 13.2 Å². The van der Waals surface area contributed by atoms with Gasteiger partial charge in [0.25, 0.3) is 0 Å². The minimum Gasteiger partial charge on any atom is -0.481 e. The van der Waals surface area contributed by atoms with E-state index in [9.17, 15) is 4.79 Å². The summed E-state index contributed by atoms with van der Waals surface area (Å²) < 4.78 is 20.2. The Hall–Kier alpha value is -1.35. The molecule has 0 radical (unpaired) electrons. The first-order valence-corrected chi connectivity index (χ1v) is 8.16. The van der Waals surface area contributed by atoms with Crippen molar-refractivity contribution in [2.24, 2.45) is 0 Å². The average Bonchev–Trinajstić information content (AvgIpc) is 2.98. The number of methoxy groups -OCH3 is 1. The van der Waals surface area contributed by atoms with Crippen molar-refractivity contribution in [2.75, 3.05) is 73.6 Å². The molecular weight excluding hydrogens is 316 g/mol. The van der Waals surface area contributed by atoms with Crippen molar-refractivity contribution >= 4 is 5.97 Å². The Bertz CT molecular complexity index is 328. The molecule has 0 amide bonds. The highest BCUT2D eigenvalue weighted by atomic mass is 16.6. The molecule has 0 unspecified atom stereocenters. The molecule has 1 heterocycles. The highest BCUT2D eigenvalue weighted by Crippen LogP contribution is 2.00. The molecule has 0 aromatic rings. The summed E-state index contributed by atoms with van der Waals surface area (Å²) in [6.07, 6.45) is 4.23. The molecule has 8 heteroatoms. The number of nitrogens with zero attached hydrogens (tertiary/aromatic N) is 2. The van der Waals surface area contributed by atoms with Gasteiger partial charge in [0.05, 0.1) is 59.3 Å². The first-order chi connectivity index (χ1) is 11.6. The summed E-state index contributed by atoms with van der Waals surface area (Å²) in [4.78, 5) is 14.5. The Morgan fingerprint density at radius 1 is 1.00 bits per heavy atom. The highest BCUT2D eigenvalue weighted by molar-refractivity contribution is 5.66. The van der Waals surface area contributed by atoms with Gasteiger partial charge >= 0.3 is 5.97 Å². The molecule has 24 heavy (non-hydrogen) atoms. The fourth-order valence-electron chi connectivity index (χ4n) is 1.64. The van der Waals surface area contributed by atoms with Crippen LogP contribution in [0.4, 0.5) is 0 Å². The number of rotatable bonds is 13. The van der Waals surface area contributed by atoms with Crippen molar-refractivity contribution in [3.05, 3.63) is 12.4 Å². The third kappa shape index (κ3) is 15.5. The van der Waals surface area contributed by atoms with Crippen LogP contribution in [0.5, 0.6) is 0 Å². The molecule has 0 saturated heterocycles. The summed E-state index contributed by atoms with van der Waals surface area (Å²) in [6, 6.07) is 0. The normalized spacial score (nSPS) is 13.1. The smallest absolute Gasteiger partial charge is 0.305 e. The topological polar surface area (TPSA) is 80.7 Å². The van der Waals surface area contributed by atoms with Crippen molar-refractivity contribution in [2.45, 2.75) is 13.3 Å². The van der Waals surface area contributed by atoms with Crippen LogP contribution in [0.3, 0.4) is 0 Å². The molecule has 0 aromatic carbocycles. The molecule has 0 atom stereocenters. The number of hydrogen-bond acceptors (Lipinski definition) is 7. The van der Waals surface area contributed by atoms with Gasteiger partial charge in [0.1, 0.15) is 0 Å². The molecular formula is C16H32N2O6. The van der Waals surface area contributed by atoms with Gasteiger partial charge in [0.2, 0.25) is 0 Å². The molecule has 8 nitrogen and oxygen atoms in total. The Kier molecular flexibility index (Phi) is 15.6. The molecule has 0 saturated carbocycles. The Labute approximate surface area is 144 Å². The van der Waals surface area contributed by atoms with Gasteiger partial charge in [-0.1, -0.05) is 0 Å². The first kappa shape index (κ1) is 22.6. The molecule has 1 N–H and O–H groups in total. The van der Waals surface area contributed by atoms with Gasteiger partial charge in [-0.2, -0.15) is 0 Å². The molecule has 0 fully saturated rings. The van der Waals surface area contributed by atoms with Crippen LogP contribution in [0.25, 0.3) is 0 Å². The van der Waals surface area contributed by atoms with Crippen LogP contribution >= 0.6 is 0 Å². The summed E-state index contributed by atoms with van der Waals surface area (Å²) in [5.41, 5.74) is 0. The number of aliphatic carboxylic acids is 1. The van der Waals surface area contributed by atoms with Gasteiger partial charge in [-0.25, -0.2) is 0 Å². The fourth-order valence-corrected chi connectivity index (χ4v) is 1.64. The van der Waals surface area contributed by atoms with Crippen LogP contribution in [0.15, 0.2) is 12.4 Å². The van der Waals surface area contributed by atoms with Gasteiger partial charge in [0, 0.05) is 33.1 Å². The second-order valence-corrected chi connectivity index (χ2v) is 5.08. The molecule has 1 rings (SSSR count). The van der Waals surface area contributed by atoms with E-state index in [0.29, 0.717) is 39.6 Å². The maximum absolute atomic E-state index is 10.1. The summed E-state index contributed by atoms with van der Waals surface area (Å²) in [7, 11) is 3.69. The quantitative estimate of drug-likeness (QED) is 0.491. The molecule has 0 aliphatic carbocycles. The Balaban J connectivity index is 0.000000546. The van der Waals surface area contributed by atoms with Gasteiger partial charge in [0.15, 0.2) is 0 Å². The number of carboxylic acid groups (broad SMARTS) is 1. The summed E-state index contributed by atoms with van der Waals surface area (Å²) >= 11 is 0. The summed E-state index contributed by atoms with van der Waals surface area (Å²) in [6.45, 7) is 7.58. The second-order valence-electron chi connectivity index (χ2n) is 5.08. The van der Waals surface area contributed by atoms with E-state index in [1.165, 1.54) is 0 Å². The summed E-state index contributed by atoms with van der Waals surface area (Å²) in [5, 5.41) is 8.32. The van der Waals surface area contributed by atoms with E-state index >= 15 is 0 Å². The van der Waals surface area contributed by atoms with E-state index < -0.39 is 5.97 Å². The maximum Gasteiger partial charge on any atom is 0.305 e. The zero-order valence-electron chi connectivity index (χ0n) is 15.1. The van der Waals surface area contributed by atoms with Crippen molar-refractivity contribution < 1.29 is 28.8 Å². The highest BCUT2D eigenvalue weighted by Gasteiger charge is 2.03. The SMILES string of the molecule is CCN1C=CN(C)C1.COCCOCCOCCOCCC(=O)O. The predicted molar refractivity (Wildman–Crippen MR) is 90.7 cm³/mol. The van der Waals surface area contributed by atoms with E-state index in [2.05, 4.69) is 36.2 Å². The summed E-state index contributed by atoms with van der Waals surface area (Å²) in [5.74, 6) is -0.854. The Morgan fingerprint density at radius 2 is 1.54 bits per heavy atom. The van der Waals surface area contributed by atoms with Crippen molar-refractivity contribution in [1.29, 1.82) is 0 Å². The Morgan fingerprint density at radius 3 is 1.92 bits per heavy atom. The van der Waals surface area contributed by atoms with Crippen molar-refractivity contribution in [3.8, 4) is 0 Å². The maximum atomic E-state index is 10.1. The van der Waals surface area contributed by atoms with Crippen LogP contribution in [-0.4, -0.2) is 94.5 Å². The van der Waals surface area contributed by atoms with Crippen molar-refractivity contribution in [3.63, 3.8) is 0 Å². The van der Waals surface area contributed by atoms with E-state index in [1.54, 1.807) is 7.11 Å². The van der Waals surface area contributed by atoms with Crippen LogP contribution < -0.4 is 0 Å². The molecule has 0 bridgehead atoms. The van der Waals surface area contributed by atoms with Gasteiger partial charge in [-0.15, -0.1) is 0 Å². The average molecular weight is 348 g/mol. The minimum atomic E-state index is -0.854. The van der Waals surface area contributed by atoms with Crippen LogP contribution in [0.1, 0.15) is 13.3 Å². The third-order valence-corrected chi connectivity index (χ3v) is 2.98. The minimum absolute atomic E-state index is 0.0279. The van der Waals surface area contributed by atoms with E-state index in [-0.39, 0.29) is 13.0 Å². The van der Waals surface area contributed by atoms with Crippen molar-refractivity contribution in [1.82, 2.24) is 9.80 Å². The van der Waals surface area contributed by atoms with Gasteiger partial charge < -0.3 is 33.9 Å². The lowest BCUT2D eigenvalue weighted by atomic mass is 10.5. The molecule has 0 aromatic heterocycles. The zero-order chi connectivity index (χ0) is 18.0. The lowest BCUT2D eigenvalue weighted by Crippen LogP contribution is -2.21. The largest absolute Gasteiger partial charge is 0.481 e. The van der Waals surface area contributed by atoms with E-state index in [1.807, 2.05) is 0 Å². The second kappa shape index (κ2) is 16.5. The monoisotopic (exact) mass is 348 g/mol. The van der Waals surface area contributed by atoms with Gasteiger partial charge in [-0.3, -0.25) is 4.79 Å².